The van der Waals surface area contributed by atoms with Crippen molar-refractivity contribution in [1.82, 2.24) is 4.31 Å². The minimum atomic E-state index is -3.55. The van der Waals surface area contributed by atoms with E-state index in [9.17, 15) is 13.2 Å². The van der Waals surface area contributed by atoms with Gasteiger partial charge in [0.1, 0.15) is 0 Å². The van der Waals surface area contributed by atoms with Gasteiger partial charge in [-0.2, -0.15) is 0 Å². The fourth-order valence-electron chi connectivity index (χ4n) is 3.16. The Labute approximate surface area is 159 Å². The molecule has 1 atom stereocenters. The SMILES string of the molecule is Cc1ccc(NC(=O)c2cc3c(s2)CCC(C)C3)cc1S(=O)(=O)N(C)C. The van der Waals surface area contributed by atoms with Gasteiger partial charge in [0.15, 0.2) is 0 Å². The normalized spacial score (nSPS) is 17.2. The molecule has 0 fully saturated rings. The Morgan fingerprint density at radius 3 is 2.69 bits per heavy atom. The van der Waals surface area contributed by atoms with Crippen molar-refractivity contribution >= 4 is 33.0 Å². The minimum absolute atomic E-state index is 0.186. The molecule has 140 valence electrons. The zero-order valence-corrected chi connectivity index (χ0v) is 17.1. The number of carbonyl (C=O) groups excluding carboxylic acids is 1. The molecule has 3 rings (SSSR count). The van der Waals surface area contributed by atoms with Gasteiger partial charge in [-0.3, -0.25) is 4.79 Å². The number of sulfonamides is 1. The highest BCUT2D eigenvalue weighted by Gasteiger charge is 2.22. The lowest BCUT2D eigenvalue weighted by atomic mass is 9.90. The van der Waals surface area contributed by atoms with E-state index in [0.29, 0.717) is 22.0 Å². The number of carbonyl (C=O) groups is 1. The van der Waals surface area contributed by atoms with E-state index >= 15 is 0 Å². The molecule has 0 radical (unpaired) electrons. The van der Waals surface area contributed by atoms with Crippen LogP contribution in [-0.2, 0) is 22.9 Å². The van der Waals surface area contributed by atoms with E-state index in [1.54, 1.807) is 30.4 Å². The summed E-state index contributed by atoms with van der Waals surface area (Å²) in [5.74, 6) is 0.470. The molecule has 0 saturated carbocycles. The summed E-state index contributed by atoms with van der Waals surface area (Å²) < 4.78 is 26.1. The summed E-state index contributed by atoms with van der Waals surface area (Å²) >= 11 is 1.54. The fourth-order valence-corrected chi connectivity index (χ4v) is 5.41. The summed E-state index contributed by atoms with van der Waals surface area (Å²) in [6.45, 7) is 3.98. The maximum Gasteiger partial charge on any atom is 0.265 e. The van der Waals surface area contributed by atoms with Crippen LogP contribution in [0.3, 0.4) is 0 Å². The Bertz CT molecular complexity index is 946. The molecule has 1 amide bonds. The standard InChI is InChI=1S/C19H24N2O3S2/c1-12-5-8-16-14(9-12)10-17(25-16)19(22)20-15-7-6-13(2)18(11-15)26(23,24)21(3)4/h6-7,10-12H,5,8-9H2,1-4H3,(H,20,22). The minimum Gasteiger partial charge on any atom is -0.321 e. The molecular formula is C19H24N2O3S2. The summed E-state index contributed by atoms with van der Waals surface area (Å²) in [7, 11) is -0.560. The number of benzene rings is 1. The van der Waals surface area contributed by atoms with Gasteiger partial charge in [-0.25, -0.2) is 12.7 Å². The summed E-state index contributed by atoms with van der Waals surface area (Å²) in [5, 5.41) is 2.85. The van der Waals surface area contributed by atoms with Crippen molar-refractivity contribution in [3.63, 3.8) is 0 Å². The van der Waals surface area contributed by atoms with Crippen LogP contribution in [0.5, 0.6) is 0 Å². The lowest BCUT2D eigenvalue weighted by molar-refractivity contribution is 0.103. The molecule has 1 aromatic heterocycles. The highest BCUT2D eigenvalue weighted by atomic mass is 32.2. The van der Waals surface area contributed by atoms with Gasteiger partial charge in [-0.05, 0) is 61.4 Å². The Morgan fingerprint density at radius 2 is 2.00 bits per heavy atom. The summed E-state index contributed by atoms with van der Waals surface area (Å²) in [6, 6.07) is 6.96. The van der Waals surface area contributed by atoms with Gasteiger partial charge in [-0.1, -0.05) is 13.0 Å². The predicted molar refractivity (Wildman–Crippen MR) is 106 cm³/mol. The third kappa shape index (κ3) is 3.70. The van der Waals surface area contributed by atoms with E-state index in [4.69, 9.17) is 0 Å². The predicted octanol–water partition coefficient (Wildman–Crippen LogP) is 3.68. The smallest absolute Gasteiger partial charge is 0.265 e. The van der Waals surface area contributed by atoms with Crippen molar-refractivity contribution in [2.45, 2.75) is 38.0 Å². The van der Waals surface area contributed by atoms with Crippen LogP contribution in [0.1, 0.15) is 39.0 Å². The number of anilines is 1. The number of hydrogen-bond acceptors (Lipinski definition) is 4. The molecule has 1 heterocycles. The van der Waals surface area contributed by atoms with Crippen LogP contribution in [0.4, 0.5) is 5.69 Å². The average Bonchev–Trinajstić information content (AvgIpc) is 2.99. The second-order valence-electron chi connectivity index (χ2n) is 7.13. The molecule has 1 N–H and O–H groups in total. The van der Waals surface area contributed by atoms with Crippen LogP contribution in [-0.4, -0.2) is 32.7 Å². The van der Waals surface area contributed by atoms with Crippen molar-refractivity contribution in [3.05, 3.63) is 45.1 Å². The topological polar surface area (TPSA) is 66.5 Å². The van der Waals surface area contributed by atoms with Crippen molar-refractivity contribution in [2.75, 3.05) is 19.4 Å². The van der Waals surface area contributed by atoms with E-state index in [0.717, 1.165) is 19.3 Å². The number of nitrogens with zero attached hydrogens (tertiary/aromatic N) is 1. The highest BCUT2D eigenvalue weighted by Crippen LogP contribution is 2.32. The van der Waals surface area contributed by atoms with Crippen LogP contribution in [0.15, 0.2) is 29.2 Å². The van der Waals surface area contributed by atoms with E-state index in [-0.39, 0.29) is 10.8 Å². The van der Waals surface area contributed by atoms with Gasteiger partial charge >= 0.3 is 0 Å². The lowest BCUT2D eigenvalue weighted by Crippen LogP contribution is -2.23. The molecule has 1 aliphatic rings. The molecule has 5 nitrogen and oxygen atoms in total. The van der Waals surface area contributed by atoms with Crippen molar-refractivity contribution in [2.24, 2.45) is 5.92 Å². The molecule has 26 heavy (non-hydrogen) atoms. The molecular weight excluding hydrogens is 368 g/mol. The number of thiophene rings is 1. The van der Waals surface area contributed by atoms with E-state index in [2.05, 4.69) is 12.2 Å². The number of amides is 1. The third-order valence-corrected chi connectivity index (χ3v) is 7.95. The largest absolute Gasteiger partial charge is 0.321 e. The summed E-state index contributed by atoms with van der Waals surface area (Å²) in [4.78, 5) is 14.8. The molecule has 1 aromatic carbocycles. The quantitative estimate of drug-likeness (QED) is 0.863. The van der Waals surface area contributed by atoms with Gasteiger partial charge in [0.25, 0.3) is 5.91 Å². The number of nitrogens with one attached hydrogen (secondary N) is 1. The molecule has 0 aliphatic heterocycles. The van der Waals surface area contributed by atoms with Gasteiger partial charge in [-0.15, -0.1) is 11.3 Å². The number of rotatable bonds is 4. The lowest BCUT2D eigenvalue weighted by Gasteiger charge is -2.16. The maximum atomic E-state index is 12.6. The zero-order valence-electron chi connectivity index (χ0n) is 15.5. The van der Waals surface area contributed by atoms with E-state index in [1.165, 1.54) is 34.9 Å². The van der Waals surface area contributed by atoms with Crippen molar-refractivity contribution < 1.29 is 13.2 Å². The molecule has 1 unspecified atom stereocenters. The first-order valence-corrected chi connectivity index (χ1v) is 10.9. The van der Waals surface area contributed by atoms with Crippen LogP contribution in [0.2, 0.25) is 0 Å². The molecule has 1 aliphatic carbocycles. The highest BCUT2D eigenvalue weighted by molar-refractivity contribution is 7.89. The first kappa shape index (κ1) is 19.1. The monoisotopic (exact) mass is 392 g/mol. The Hall–Kier alpha value is -1.70. The second kappa shape index (κ2) is 7.13. The molecule has 0 saturated heterocycles. The number of aryl methyl sites for hydroxylation is 2. The Balaban J connectivity index is 1.84. The molecule has 0 spiro atoms. The zero-order chi connectivity index (χ0) is 19.1. The van der Waals surface area contributed by atoms with Crippen molar-refractivity contribution in [1.29, 1.82) is 0 Å². The van der Waals surface area contributed by atoms with Crippen LogP contribution in [0.25, 0.3) is 0 Å². The molecule has 2 aromatic rings. The number of hydrogen-bond donors (Lipinski definition) is 1. The number of fused-ring (bicyclic) bond motifs is 1. The van der Waals surface area contributed by atoms with Crippen LogP contribution >= 0.6 is 11.3 Å². The van der Waals surface area contributed by atoms with Gasteiger partial charge in [0.05, 0.1) is 9.77 Å². The van der Waals surface area contributed by atoms with Gasteiger partial charge < -0.3 is 5.32 Å². The maximum absolute atomic E-state index is 12.6. The Kier molecular flexibility index (Phi) is 5.23. The summed E-state index contributed by atoms with van der Waals surface area (Å²) in [5.41, 5.74) is 2.41. The van der Waals surface area contributed by atoms with Crippen LogP contribution < -0.4 is 5.32 Å². The van der Waals surface area contributed by atoms with Crippen LogP contribution in [0, 0.1) is 12.8 Å². The van der Waals surface area contributed by atoms with E-state index < -0.39 is 10.0 Å². The molecule has 0 bridgehead atoms. The first-order chi connectivity index (χ1) is 12.2. The fraction of sp³-hybridized carbons (Fsp3) is 0.421. The van der Waals surface area contributed by atoms with Gasteiger partial charge in [0.2, 0.25) is 10.0 Å². The first-order valence-electron chi connectivity index (χ1n) is 8.64. The Morgan fingerprint density at radius 1 is 1.27 bits per heavy atom. The molecule has 7 heteroatoms. The summed E-state index contributed by atoms with van der Waals surface area (Å²) in [6.07, 6.45) is 3.22. The van der Waals surface area contributed by atoms with E-state index in [1.807, 2.05) is 6.07 Å². The van der Waals surface area contributed by atoms with Gasteiger partial charge in [0, 0.05) is 24.7 Å². The van der Waals surface area contributed by atoms with Crippen molar-refractivity contribution in [3.8, 4) is 0 Å². The second-order valence-corrected chi connectivity index (χ2v) is 10.4. The average molecular weight is 393 g/mol. The third-order valence-electron chi connectivity index (χ3n) is 4.76.